The first-order chi connectivity index (χ1) is 4.93. The molecule has 0 aromatic rings. The molecule has 0 aliphatic heterocycles. The Morgan fingerprint density at radius 2 is 1.45 bits per heavy atom. The van der Waals surface area contributed by atoms with Gasteiger partial charge in [0, 0.05) is 21.3 Å². The standard InChI is InChI=1S/C6H15IO3Si/c1-5(8-2,9-3)6(7,11)10-4/h1-4,11H3. The lowest BCUT2D eigenvalue weighted by Gasteiger charge is -2.38. The van der Waals surface area contributed by atoms with E-state index < -0.39 is 5.79 Å². The maximum absolute atomic E-state index is 5.28. The first kappa shape index (κ1) is 11.8. The van der Waals surface area contributed by atoms with Crippen molar-refractivity contribution in [1.29, 1.82) is 0 Å². The summed E-state index contributed by atoms with van der Waals surface area (Å²) >= 11 is 2.21. The van der Waals surface area contributed by atoms with Crippen LogP contribution in [-0.4, -0.2) is 40.6 Å². The molecule has 0 N–H and O–H groups in total. The van der Waals surface area contributed by atoms with Crippen LogP contribution < -0.4 is 0 Å². The van der Waals surface area contributed by atoms with E-state index in [1.807, 2.05) is 6.92 Å². The molecule has 0 heterocycles. The van der Waals surface area contributed by atoms with Crippen LogP contribution in [0.25, 0.3) is 0 Å². The van der Waals surface area contributed by atoms with Crippen molar-refractivity contribution in [3.8, 4) is 0 Å². The molecular weight excluding hydrogens is 275 g/mol. The third-order valence-electron chi connectivity index (χ3n) is 1.97. The minimum Gasteiger partial charge on any atom is -0.367 e. The summed E-state index contributed by atoms with van der Waals surface area (Å²) in [5.41, 5.74) is 0. The van der Waals surface area contributed by atoms with Crippen molar-refractivity contribution in [2.24, 2.45) is 0 Å². The predicted molar refractivity (Wildman–Crippen MR) is 56.1 cm³/mol. The van der Waals surface area contributed by atoms with Crippen LogP contribution in [0.1, 0.15) is 6.92 Å². The summed E-state index contributed by atoms with van der Waals surface area (Å²) in [6.45, 7) is 1.87. The van der Waals surface area contributed by atoms with E-state index in [-0.39, 0.29) is 3.23 Å². The zero-order valence-electron chi connectivity index (χ0n) is 7.60. The van der Waals surface area contributed by atoms with Gasteiger partial charge in [-0.3, -0.25) is 0 Å². The average molecular weight is 290 g/mol. The van der Waals surface area contributed by atoms with Gasteiger partial charge in [0.15, 0.2) is 5.79 Å². The normalized spacial score (nSPS) is 18.3. The van der Waals surface area contributed by atoms with Gasteiger partial charge in [-0.2, -0.15) is 0 Å². The van der Waals surface area contributed by atoms with E-state index in [1.165, 1.54) is 0 Å². The van der Waals surface area contributed by atoms with Gasteiger partial charge in [-0.15, -0.1) is 0 Å². The molecule has 0 aromatic carbocycles. The number of alkyl halides is 1. The number of halogens is 1. The fourth-order valence-electron chi connectivity index (χ4n) is 0.633. The van der Waals surface area contributed by atoms with Crippen LogP contribution in [0.3, 0.4) is 0 Å². The second kappa shape index (κ2) is 4.17. The third kappa shape index (κ3) is 2.38. The summed E-state index contributed by atoms with van der Waals surface area (Å²) < 4.78 is 15.4. The maximum Gasteiger partial charge on any atom is 0.199 e. The molecule has 0 amide bonds. The van der Waals surface area contributed by atoms with E-state index in [1.54, 1.807) is 21.3 Å². The van der Waals surface area contributed by atoms with Gasteiger partial charge in [0.1, 0.15) is 3.23 Å². The molecule has 0 spiro atoms. The molecule has 1 atom stereocenters. The number of ether oxygens (including phenoxy) is 3. The molecule has 0 rings (SSSR count). The zero-order chi connectivity index (χ0) is 9.12. The lowest BCUT2D eigenvalue weighted by molar-refractivity contribution is -0.237. The zero-order valence-corrected chi connectivity index (χ0v) is 11.8. The Morgan fingerprint density at radius 1 is 1.09 bits per heavy atom. The molecule has 68 valence electrons. The molecule has 1 unspecified atom stereocenters. The second-order valence-electron chi connectivity index (χ2n) is 2.47. The second-order valence-corrected chi connectivity index (χ2v) is 7.98. The summed E-state index contributed by atoms with van der Waals surface area (Å²) in [6, 6.07) is 0. The minimum atomic E-state index is -0.644. The highest BCUT2D eigenvalue weighted by Gasteiger charge is 2.43. The highest BCUT2D eigenvalue weighted by molar-refractivity contribution is 14.1. The maximum atomic E-state index is 5.28. The Morgan fingerprint density at radius 3 is 1.55 bits per heavy atom. The van der Waals surface area contributed by atoms with Crippen molar-refractivity contribution in [3.63, 3.8) is 0 Å². The van der Waals surface area contributed by atoms with Crippen molar-refractivity contribution < 1.29 is 14.2 Å². The van der Waals surface area contributed by atoms with Crippen molar-refractivity contribution in [1.82, 2.24) is 0 Å². The van der Waals surface area contributed by atoms with Crippen LogP contribution in [0.5, 0.6) is 0 Å². The smallest absolute Gasteiger partial charge is 0.199 e. The summed E-state index contributed by atoms with van der Waals surface area (Å²) in [7, 11) is 5.74. The molecular formula is C6H15IO3Si. The number of hydrogen-bond donors (Lipinski definition) is 0. The highest BCUT2D eigenvalue weighted by atomic mass is 127. The first-order valence-corrected chi connectivity index (χ1v) is 5.35. The van der Waals surface area contributed by atoms with Crippen molar-refractivity contribution in [2.45, 2.75) is 15.9 Å². The van der Waals surface area contributed by atoms with Crippen molar-refractivity contribution >= 4 is 32.8 Å². The molecule has 0 saturated carbocycles. The van der Waals surface area contributed by atoms with Crippen LogP contribution in [0, 0.1) is 0 Å². The Kier molecular flexibility index (Phi) is 4.49. The van der Waals surface area contributed by atoms with Crippen LogP contribution in [0.15, 0.2) is 0 Å². The summed E-state index contributed by atoms with van der Waals surface area (Å²) in [5, 5.41) is 0. The van der Waals surface area contributed by atoms with Crippen LogP contribution in [-0.2, 0) is 14.2 Å². The fourth-order valence-corrected chi connectivity index (χ4v) is 1.48. The van der Waals surface area contributed by atoms with Gasteiger partial charge in [0.05, 0.1) is 10.2 Å². The minimum absolute atomic E-state index is 0.339. The predicted octanol–water partition coefficient (Wildman–Crippen LogP) is 0.0960. The molecule has 5 heteroatoms. The Balaban J connectivity index is 4.47. The van der Waals surface area contributed by atoms with Gasteiger partial charge >= 0.3 is 0 Å². The first-order valence-electron chi connectivity index (χ1n) is 3.28. The summed E-state index contributed by atoms with van der Waals surface area (Å²) in [5.74, 6) is -0.644. The Bertz CT molecular complexity index is 125. The largest absolute Gasteiger partial charge is 0.367 e. The van der Waals surface area contributed by atoms with Crippen LogP contribution in [0.2, 0.25) is 0 Å². The number of hydrogen-bond acceptors (Lipinski definition) is 3. The van der Waals surface area contributed by atoms with Gasteiger partial charge in [-0.1, -0.05) is 0 Å². The lowest BCUT2D eigenvalue weighted by atomic mass is 10.3. The van der Waals surface area contributed by atoms with E-state index in [2.05, 4.69) is 22.6 Å². The van der Waals surface area contributed by atoms with Gasteiger partial charge < -0.3 is 14.2 Å². The molecule has 0 bridgehead atoms. The number of rotatable bonds is 4. The monoisotopic (exact) mass is 290 g/mol. The molecule has 0 fully saturated rings. The van der Waals surface area contributed by atoms with Gasteiger partial charge in [-0.25, -0.2) is 0 Å². The summed E-state index contributed by atoms with van der Waals surface area (Å²) in [4.78, 5) is 0. The van der Waals surface area contributed by atoms with Gasteiger partial charge in [0.2, 0.25) is 0 Å². The Hall–Kier alpha value is 0.827. The van der Waals surface area contributed by atoms with Gasteiger partial charge in [-0.05, 0) is 29.5 Å². The summed E-state index contributed by atoms with van der Waals surface area (Å²) in [6.07, 6.45) is 0. The molecule has 0 saturated heterocycles. The van der Waals surface area contributed by atoms with Crippen molar-refractivity contribution in [3.05, 3.63) is 0 Å². The Labute approximate surface area is 84.3 Å². The molecule has 11 heavy (non-hydrogen) atoms. The average Bonchev–Trinajstić information content (AvgIpc) is 2.02. The molecule has 0 aromatic heterocycles. The SMILES string of the molecule is COC([SiH3])(I)C(C)(OC)OC. The van der Waals surface area contributed by atoms with E-state index in [0.29, 0.717) is 0 Å². The van der Waals surface area contributed by atoms with E-state index in [0.717, 1.165) is 10.2 Å². The van der Waals surface area contributed by atoms with Crippen molar-refractivity contribution in [2.75, 3.05) is 21.3 Å². The highest BCUT2D eigenvalue weighted by Crippen LogP contribution is 2.32. The third-order valence-corrected chi connectivity index (χ3v) is 4.71. The molecule has 0 aliphatic carbocycles. The molecule has 3 nitrogen and oxygen atoms in total. The quantitative estimate of drug-likeness (QED) is 0.318. The number of methoxy groups -OCH3 is 3. The fraction of sp³-hybridized carbons (Fsp3) is 1.00. The van der Waals surface area contributed by atoms with Gasteiger partial charge in [0.25, 0.3) is 0 Å². The lowest BCUT2D eigenvalue weighted by Crippen LogP contribution is -2.52. The van der Waals surface area contributed by atoms with Crippen LogP contribution in [0.4, 0.5) is 0 Å². The topological polar surface area (TPSA) is 27.7 Å². The van der Waals surface area contributed by atoms with E-state index in [9.17, 15) is 0 Å². The molecule has 0 aliphatic rings. The van der Waals surface area contributed by atoms with E-state index in [4.69, 9.17) is 14.2 Å². The van der Waals surface area contributed by atoms with Crippen LogP contribution >= 0.6 is 22.6 Å². The van der Waals surface area contributed by atoms with E-state index >= 15 is 0 Å². The molecule has 0 radical (unpaired) electrons.